The molecule has 1 aliphatic heterocycles. The van der Waals surface area contributed by atoms with Crippen LogP contribution in [0.2, 0.25) is 5.02 Å². The highest BCUT2D eigenvalue weighted by molar-refractivity contribution is 6.31. The zero-order valence-electron chi connectivity index (χ0n) is 13.6. The minimum absolute atomic E-state index is 0. The third-order valence-electron chi connectivity index (χ3n) is 3.89. The van der Waals surface area contributed by atoms with E-state index < -0.39 is 0 Å². The first-order valence-corrected chi connectivity index (χ1v) is 8.04. The lowest BCUT2D eigenvalue weighted by Gasteiger charge is -2.19. The number of ether oxygens (including phenoxy) is 1. The van der Waals surface area contributed by atoms with Crippen LogP contribution < -0.4 is 11.1 Å². The van der Waals surface area contributed by atoms with E-state index in [1.54, 1.807) is 23.1 Å². The van der Waals surface area contributed by atoms with Crippen LogP contribution in [-0.4, -0.2) is 49.6 Å². The zero-order chi connectivity index (χ0) is 16.8. The number of hydrogen-bond acceptors (Lipinski definition) is 4. The van der Waals surface area contributed by atoms with Gasteiger partial charge in [0.25, 0.3) is 5.91 Å². The number of likely N-dealkylation sites (tertiary alicyclic amines) is 1. The molecule has 6 nitrogen and oxygen atoms in total. The van der Waals surface area contributed by atoms with E-state index in [4.69, 9.17) is 22.1 Å². The van der Waals surface area contributed by atoms with Crippen LogP contribution in [0.5, 0.6) is 0 Å². The Kier molecular flexibility index (Phi) is 8.48. The lowest BCUT2D eigenvalue weighted by molar-refractivity contribution is -0.118. The highest BCUT2D eigenvalue weighted by atomic mass is 35.5. The minimum atomic E-state index is -0.347. The third-order valence-corrected chi connectivity index (χ3v) is 4.12. The Morgan fingerprint density at radius 2 is 2.04 bits per heavy atom. The Morgan fingerprint density at radius 3 is 2.62 bits per heavy atom. The van der Waals surface area contributed by atoms with E-state index >= 15 is 0 Å². The molecule has 24 heavy (non-hydrogen) atoms. The molecule has 1 fully saturated rings. The second kappa shape index (κ2) is 9.84. The molecule has 0 aromatic heterocycles. The monoisotopic (exact) mass is 375 g/mol. The Bertz CT molecular complexity index is 574. The fourth-order valence-corrected chi connectivity index (χ4v) is 2.74. The molecule has 134 valence electrons. The molecule has 0 radical (unpaired) electrons. The summed E-state index contributed by atoms with van der Waals surface area (Å²) in [5.74, 6) is -0.359. The molecular formula is C16H23Cl2N3O3. The van der Waals surface area contributed by atoms with E-state index in [1.807, 2.05) is 0 Å². The van der Waals surface area contributed by atoms with Gasteiger partial charge in [0.1, 0.15) is 0 Å². The smallest absolute Gasteiger partial charge is 0.256 e. The summed E-state index contributed by atoms with van der Waals surface area (Å²) < 4.78 is 5.10. The summed E-state index contributed by atoms with van der Waals surface area (Å²) in [5, 5.41) is 3.22. The second-order valence-corrected chi connectivity index (χ2v) is 5.97. The molecule has 0 bridgehead atoms. The number of amides is 2. The van der Waals surface area contributed by atoms with Crippen molar-refractivity contribution in [2.24, 2.45) is 5.73 Å². The van der Waals surface area contributed by atoms with Gasteiger partial charge in [-0.3, -0.25) is 9.59 Å². The maximum atomic E-state index is 12.6. The van der Waals surface area contributed by atoms with Crippen LogP contribution in [0.25, 0.3) is 0 Å². The number of carbonyl (C=O) groups is 2. The van der Waals surface area contributed by atoms with Crippen LogP contribution in [0.4, 0.5) is 5.69 Å². The topological polar surface area (TPSA) is 84.7 Å². The van der Waals surface area contributed by atoms with Gasteiger partial charge in [-0.2, -0.15) is 0 Å². The van der Waals surface area contributed by atoms with Gasteiger partial charge in [-0.15, -0.1) is 12.4 Å². The fourth-order valence-electron chi connectivity index (χ4n) is 2.56. The fraction of sp³-hybridized carbons (Fsp3) is 0.500. The standard InChI is InChI=1S/C16H22ClN3O3.ClH/c1-23-12(10-18)9-15(21)19-14-5-4-11(17)8-13(14)16(22)20-6-2-3-7-20;/h4-5,8,12H,2-3,6-7,9-10,18H2,1H3,(H,19,21);1H. The molecule has 0 saturated carbocycles. The van der Waals surface area contributed by atoms with E-state index in [2.05, 4.69) is 5.32 Å². The third kappa shape index (κ3) is 5.34. The van der Waals surface area contributed by atoms with Crippen molar-refractivity contribution < 1.29 is 14.3 Å². The SMILES string of the molecule is COC(CN)CC(=O)Nc1ccc(Cl)cc1C(=O)N1CCCC1.Cl. The minimum Gasteiger partial charge on any atom is -0.380 e. The van der Waals surface area contributed by atoms with Gasteiger partial charge < -0.3 is 20.7 Å². The molecule has 1 unspecified atom stereocenters. The number of anilines is 1. The second-order valence-electron chi connectivity index (χ2n) is 5.53. The van der Waals surface area contributed by atoms with Crippen LogP contribution in [0.15, 0.2) is 18.2 Å². The highest BCUT2D eigenvalue weighted by Gasteiger charge is 2.23. The van der Waals surface area contributed by atoms with Gasteiger partial charge >= 0.3 is 0 Å². The molecule has 0 aliphatic carbocycles. The van der Waals surface area contributed by atoms with Gasteiger partial charge in [-0.05, 0) is 31.0 Å². The van der Waals surface area contributed by atoms with Crippen molar-refractivity contribution in [1.82, 2.24) is 4.90 Å². The van der Waals surface area contributed by atoms with Gasteiger partial charge in [0.2, 0.25) is 5.91 Å². The van der Waals surface area contributed by atoms with Gasteiger partial charge in [0.05, 0.1) is 23.8 Å². The van der Waals surface area contributed by atoms with Gasteiger partial charge in [-0.25, -0.2) is 0 Å². The number of nitrogens with zero attached hydrogens (tertiary/aromatic N) is 1. The van der Waals surface area contributed by atoms with Crippen LogP contribution in [0.3, 0.4) is 0 Å². The summed E-state index contributed by atoms with van der Waals surface area (Å²) in [4.78, 5) is 26.5. The molecule has 1 saturated heterocycles. The van der Waals surface area contributed by atoms with Crippen molar-refractivity contribution in [2.45, 2.75) is 25.4 Å². The van der Waals surface area contributed by atoms with Crippen molar-refractivity contribution in [1.29, 1.82) is 0 Å². The van der Waals surface area contributed by atoms with E-state index in [-0.39, 0.29) is 43.3 Å². The zero-order valence-corrected chi connectivity index (χ0v) is 15.2. The number of methoxy groups -OCH3 is 1. The number of halogens is 2. The number of hydrogen-bond donors (Lipinski definition) is 2. The molecule has 1 heterocycles. The highest BCUT2D eigenvalue weighted by Crippen LogP contribution is 2.24. The maximum absolute atomic E-state index is 12.6. The van der Waals surface area contributed by atoms with Gasteiger partial charge in [0, 0.05) is 31.8 Å². The quantitative estimate of drug-likeness (QED) is 0.798. The number of nitrogens with two attached hydrogens (primary N) is 1. The van der Waals surface area contributed by atoms with E-state index in [0.717, 1.165) is 25.9 Å². The molecule has 2 rings (SSSR count). The number of benzene rings is 1. The Morgan fingerprint density at radius 1 is 1.38 bits per heavy atom. The first-order valence-electron chi connectivity index (χ1n) is 7.66. The van der Waals surface area contributed by atoms with E-state index in [0.29, 0.717) is 16.3 Å². The van der Waals surface area contributed by atoms with Crippen molar-refractivity contribution in [3.05, 3.63) is 28.8 Å². The lowest BCUT2D eigenvalue weighted by Crippen LogP contribution is -2.30. The largest absolute Gasteiger partial charge is 0.380 e. The summed E-state index contributed by atoms with van der Waals surface area (Å²) in [6, 6.07) is 4.89. The van der Waals surface area contributed by atoms with Crippen molar-refractivity contribution in [2.75, 3.05) is 32.1 Å². The molecule has 8 heteroatoms. The van der Waals surface area contributed by atoms with E-state index in [1.165, 1.54) is 7.11 Å². The van der Waals surface area contributed by atoms with Crippen molar-refractivity contribution in [3.63, 3.8) is 0 Å². The molecule has 2 amide bonds. The molecular weight excluding hydrogens is 353 g/mol. The van der Waals surface area contributed by atoms with Crippen LogP contribution in [-0.2, 0) is 9.53 Å². The summed E-state index contributed by atoms with van der Waals surface area (Å²) in [6.45, 7) is 1.72. The Labute approximate surface area is 153 Å². The average molecular weight is 376 g/mol. The van der Waals surface area contributed by atoms with E-state index in [9.17, 15) is 9.59 Å². The van der Waals surface area contributed by atoms with Gasteiger partial charge in [0.15, 0.2) is 0 Å². The van der Waals surface area contributed by atoms with Gasteiger partial charge in [-0.1, -0.05) is 11.6 Å². The summed E-state index contributed by atoms with van der Waals surface area (Å²) >= 11 is 6.01. The predicted octanol–water partition coefficient (Wildman–Crippen LogP) is 2.30. The van der Waals surface area contributed by atoms with Crippen LogP contribution in [0.1, 0.15) is 29.6 Å². The Balaban J connectivity index is 0.00000288. The number of carbonyl (C=O) groups excluding carboxylic acids is 2. The predicted molar refractivity (Wildman–Crippen MR) is 96.9 cm³/mol. The summed E-state index contributed by atoms with van der Waals surface area (Å²) in [6.07, 6.45) is 1.78. The molecule has 1 aromatic rings. The molecule has 1 aliphatic rings. The van der Waals surface area contributed by atoms with Crippen LogP contribution >= 0.6 is 24.0 Å². The Hall–Kier alpha value is -1.34. The maximum Gasteiger partial charge on any atom is 0.256 e. The van der Waals surface area contributed by atoms with Crippen LogP contribution in [0, 0.1) is 0 Å². The molecule has 1 aromatic carbocycles. The molecule has 1 atom stereocenters. The number of nitrogens with one attached hydrogen (secondary N) is 1. The first kappa shape index (κ1) is 20.7. The number of rotatable bonds is 6. The average Bonchev–Trinajstić information content (AvgIpc) is 3.08. The van der Waals surface area contributed by atoms with Crippen molar-refractivity contribution in [3.8, 4) is 0 Å². The lowest BCUT2D eigenvalue weighted by atomic mass is 10.1. The summed E-state index contributed by atoms with van der Waals surface area (Å²) in [7, 11) is 1.51. The summed E-state index contributed by atoms with van der Waals surface area (Å²) in [5.41, 5.74) is 6.40. The normalized spacial score (nSPS) is 14.9. The molecule has 3 N–H and O–H groups in total. The molecule has 0 spiro atoms. The first-order chi connectivity index (χ1) is 11.0. The van der Waals surface area contributed by atoms with Crippen molar-refractivity contribution >= 4 is 41.5 Å².